The Morgan fingerprint density at radius 2 is 1.48 bits per heavy atom. The standard InChI is InChI=1S/C24H25N/c1-19(16-21-10-5-3-6-11-21)25-20(2)17-22-12-9-15-24(18-22)23-13-7-4-8-14-23/h3-16,18,20,25H,17H2,1-2H3. The molecular weight excluding hydrogens is 302 g/mol. The molecular formula is C24H25N. The average Bonchev–Trinajstić information content (AvgIpc) is 2.63. The van der Waals surface area contributed by atoms with E-state index >= 15 is 0 Å². The Labute approximate surface area is 151 Å². The zero-order valence-electron chi connectivity index (χ0n) is 14.9. The monoisotopic (exact) mass is 327 g/mol. The van der Waals surface area contributed by atoms with Crippen LogP contribution in [0.4, 0.5) is 0 Å². The van der Waals surface area contributed by atoms with Gasteiger partial charge in [0, 0.05) is 11.7 Å². The Balaban J connectivity index is 1.65. The van der Waals surface area contributed by atoms with Crippen LogP contribution in [0.3, 0.4) is 0 Å². The molecule has 0 bridgehead atoms. The summed E-state index contributed by atoms with van der Waals surface area (Å²) in [6.07, 6.45) is 3.19. The summed E-state index contributed by atoms with van der Waals surface area (Å²) in [7, 11) is 0. The quantitative estimate of drug-likeness (QED) is 0.591. The highest BCUT2D eigenvalue weighted by molar-refractivity contribution is 5.64. The lowest BCUT2D eigenvalue weighted by molar-refractivity contribution is 0.613. The third-order valence-electron chi connectivity index (χ3n) is 4.23. The lowest BCUT2D eigenvalue weighted by Crippen LogP contribution is -2.26. The predicted octanol–water partition coefficient (Wildman–Crippen LogP) is 5.94. The fourth-order valence-electron chi connectivity index (χ4n) is 3.14. The van der Waals surface area contributed by atoms with Gasteiger partial charge in [-0.25, -0.2) is 0 Å². The van der Waals surface area contributed by atoms with Crippen molar-refractivity contribution in [1.29, 1.82) is 0 Å². The SMILES string of the molecule is CC(=Cc1ccccc1)NC(C)Cc1cccc(-c2ccccc2)c1. The van der Waals surface area contributed by atoms with E-state index in [0.29, 0.717) is 6.04 Å². The molecule has 1 N–H and O–H groups in total. The molecule has 0 aromatic heterocycles. The summed E-state index contributed by atoms with van der Waals surface area (Å²) in [6.45, 7) is 4.36. The molecule has 126 valence electrons. The highest BCUT2D eigenvalue weighted by Gasteiger charge is 2.05. The summed E-state index contributed by atoms with van der Waals surface area (Å²) in [5, 5.41) is 3.60. The molecule has 0 saturated heterocycles. The predicted molar refractivity (Wildman–Crippen MR) is 108 cm³/mol. The van der Waals surface area contributed by atoms with Gasteiger partial charge in [0.15, 0.2) is 0 Å². The first kappa shape index (κ1) is 17.0. The Morgan fingerprint density at radius 1 is 0.840 bits per heavy atom. The number of hydrogen-bond acceptors (Lipinski definition) is 1. The van der Waals surface area contributed by atoms with Crippen molar-refractivity contribution in [2.75, 3.05) is 0 Å². The second-order valence-corrected chi connectivity index (χ2v) is 6.55. The molecule has 0 heterocycles. The summed E-state index contributed by atoms with van der Waals surface area (Å²) in [4.78, 5) is 0. The number of nitrogens with one attached hydrogen (secondary N) is 1. The molecule has 1 nitrogen and oxygen atoms in total. The second-order valence-electron chi connectivity index (χ2n) is 6.55. The molecule has 3 aromatic rings. The highest BCUT2D eigenvalue weighted by atomic mass is 14.9. The van der Waals surface area contributed by atoms with Crippen molar-refractivity contribution in [3.05, 3.63) is 102 Å². The van der Waals surface area contributed by atoms with Crippen molar-refractivity contribution in [3.8, 4) is 11.1 Å². The van der Waals surface area contributed by atoms with Gasteiger partial charge in [-0.3, -0.25) is 0 Å². The summed E-state index contributed by atoms with van der Waals surface area (Å²) in [5.41, 5.74) is 6.32. The van der Waals surface area contributed by atoms with Gasteiger partial charge in [-0.15, -0.1) is 0 Å². The minimum Gasteiger partial charge on any atom is -0.386 e. The fourth-order valence-corrected chi connectivity index (χ4v) is 3.14. The van der Waals surface area contributed by atoms with Crippen LogP contribution in [0.15, 0.2) is 90.6 Å². The maximum absolute atomic E-state index is 3.60. The van der Waals surface area contributed by atoms with E-state index < -0.39 is 0 Å². The molecule has 3 rings (SSSR count). The molecule has 0 amide bonds. The van der Waals surface area contributed by atoms with Crippen molar-refractivity contribution in [1.82, 2.24) is 5.32 Å². The Bertz CT molecular complexity index is 819. The molecule has 25 heavy (non-hydrogen) atoms. The molecule has 0 radical (unpaired) electrons. The van der Waals surface area contributed by atoms with E-state index in [1.165, 1.54) is 28.0 Å². The fraction of sp³-hybridized carbons (Fsp3) is 0.167. The van der Waals surface area contributed by atoms with Crippen molar-refractivity contribution in [3.63, 3.8) is 0 Å². The van der Waals surface area contributed by atoms with Gasteiger partial charge in [-0.2, -0.15) is 0 Å². The molecule has 0 aliphatic rings. The summed E-state index contributed by atoms with van der Waals surface area (Å²) >= 11 is 0. The zero-order chi connectivity index (χ0) is 17.5. The normalized spacial score (nSPS) is 12.6. The topological polar surface area (TPSA) is 12.0 Å². The van der Waals surface area contributed by atoms with Crippen LogP contribution in [0.5, 0.6) is 0 Å². The maximum Gasteiger partial charge on any atom is 0.0270 e. The molecule has 0 aliphatic carbocycles. The van der Waals surface area contributed by atoms with Crippen LogP contribution in [-0.2, 0) is 6.42 Å². The Kier molecular flexibility index (Phi) is 5.69. The van der Waals surface area contributed by atoms with Gasteiger partial charge in [0.05, 0.1) is 0 Å². The highest BCUT2D eigenvalue weighted by Crippen LogP contribution is 2.20. The molecule has 1 heteroatoms. The van der Waals surface area contributed by atoms with Gasteiger partial charge in [0.2, 0.25) is 0 Å². The largest absolute Gasteiger partial charge is 0.386 e. The molecule has 0 fully saturated rings. The van der Waals surface area contributed by atoms with Crippen LogP contribution in [-0.4, -0.2) is 6.04 Å². The first-order valence-electron chi connectivity index (χ1n) is 8.85. The van der Waals surface area contributed by atoms with E-state index in [-0.39, 0.29) is 0 Å². The zero-order valence-corrected chi connectivity index (χ0v) is 14.9. The summed E-state index contributed by atoms with van der Waals surface area (Å²) in [6, 6.07) is 30.2. The van der Waals surface area contributed by atoms with Gasteiger partial charge >= 0.3 is 0 Å². The van der Waals surface area contributed by atoms with Crippen molar-refractivity contribution < 1.29 is 0 Å². The van der Waals surface area contributed by atoms with Crippen molar-refractivity contribution in [2.45, 2.75) is 26.3 Å². The van der Waals surface area contributed by atoms with Gasteiger partial charge in [-0.05, 0) is 48.6 Å². The smallest absolute Gasteiger partial charge is 0.0270 e. The van der Waals surface area contributed by atoms with E-state index in [1.807, 2.05) is 6.07 Å². The lowest BCUT2D eigenvalue weighted by Gasteiger charge is -2.16. The first-order valence-corrected chi connectivity index (χ1v) is 8.85. The number of allylic oxidation sites excluding steroid dienone is 1. The number of hydrogen-bond donors (Lipinski definition) is 1. The number of rotatable bonds is 6. The van der Waals surface area contributed by atoms with Crippen LogP contribution in [0, 0.1) is 0 Å². The van der Waals surface area contributed by atoms with Crippen LogP contribution >= 0.6 is 0 Å². The lowest BCUT2D eigenvalue weighted by atomic mass is 10.00. The number of benzene rings is 3. The molecule has 0 aliphatic heterocycles. The van der Waals surface area contributed by atoms with E-state index in [4.69, 9.17) is 0 Å². The third kappa shape index (κ3) is 5.09. The molecule has 1 unspecified atom stereocenters. The minimum absolute atomic E-state index is 0.381. The van der Waals surface area contributed by atoms with E-state index in [0.717, 1.165) is 6.42 Å². The van der Waals surface area contributed by atoms with Crippen LogP contribution in [0.1, 0.15) is 25.0 Å². The van der Waals surface area contributed by atoms with Crippen LogP contribution in [0.2, 0.25) is 0 Å². The molecule has 3 aromatic carbocycles. The molecule has 0 spiro atoms. The third-order valence-corrected chi connectivity index (χ3v) is 4.23. The van der Waals surface area contributed by atoms with E-state index in [9.17, 15) is 0 Å². The molecule has 0 saturated carbocycles. The Morgan fingerprint density at radius 3 is 2.20 bits per heavy atom. The first-order chi connectivity index (χ1) is 12.2. The summed E-state index contributed by atoms with van der Waals surface area (Å²) < 4.78 is 0. The summed E-state index contributed by atoms with van der Waals surface area (Å²) in [5.74, 6) is 0. The minimum atomic E-state index is 0.381. The van der Waals surface area contributed by atoms with Crippen LogP contribution in [0.25, 0.3) is 17.2 Å². The van der Waals surface area contributed by atoms with Gasteiger partial charge < -0.3 is 5.32 Å². The Hall–Kier alpha value is -2.80. The average molecular weight is 327 g/mol. The van der Waals surface area contributed by atoms with Gasteiger partial charge in [0.1, 0.15) is 0 Å². The second kappa shape index (κ2) is 8.34. The molecule has 1 atom stereocenters. The van der Waals surface area contributed by atoms with E-state index in [2.05, 4.69) is 104 Å². The maximum atomic E-state index is 3.60. The van der Waals surface area contributed by atoms with Gasteiger partial charge in [-0.1, -0.05) is 84.9 Å². The van der Waals surface area contributed by atoms with Crippen molar-refractivity contribution in [2.24, 2.45) is 0 Å². The van der Waals surface area contributed by atoms with Crippen LogP contribution < -0.4 is 5.32 Å². The van der Waals surface area contributed by atoms with E-state index in [1.54, 1.807) is 0 Å². The van der Waals surface area contributed by atoms with Crippen molar-refractivity contribution >= 4 is 6.08 Å². The van der Waals surface area contributed by atoms with Gasteiger partial charge in [0.25, 0.3) is 0 Å².